The lowest BCUT2D eigenvalue weighted by Gasteiger charge is -2.21. The molecule has 0 radical (unpaired) electrons. The first-order valence-corrected chi connectivity index (χ1v) is 5.04. The van der Waals surface area contributed by atoms with E-state index in [4.69, 9.17) is 9.47 Å². The first-order valence-electron chi connectivity index (χ1n) is 5.04. The Labute approximate surface area is 87.9 Å². The fourth-order valence-electron chi connectivity index (χ4n) is 1.72. The summed E-state index contributed by atoms with van der Waals surface area (Å²) < 4.78 is 11.3. The summed E-state index contributed by atoms with van der Waals surface area (Å²) in [6.45, 7) is 2.35. The summed E-state index contributed by atoms with van der Waals surface area (Å²) in [4.78, 5) is 0. The topological polar surface area (TPSA) is 42.5 Å². The summed E-state index contributed by atoms with van der Waals surface area (Å²) in [7, 11) is 0. The molecule has 1 aromatic rings. The zero-order chi connectivity index (χ0) is 10.1. The fourth-order valence-corrected chi connectivity index (χ4v) is 1.72. The van der Waals surface area contributed by atoms with Gasteiger partial charge in [0.05, 0.1) is 0 Å². The van der Waals surface area contributed by atoms with Gasteiger partial charge in [-0.2, -0.15) is 0 Å². The van der Waals surface area contributed by atoms with E-state index >= 15 is 0 Å². The van der Waals surface area contributed by atoms with Gasteiger partial charge >= 0.3 is 0 Å². The molecule has 4 nitrogen and oxygen atoms in total. The van der Waals surface area contributed by atoms with E-state index in [1.165, 1.54) is 0 Å². The van der Waals surface area contributed by atoms with E-state index in [1.54, 1.807) is 0 Å². The van der Waals surface area contributed by atoms with Crippen molar-refractivity contribution in [3.63, 3.8) is 0 Å². The van der Waals surface area contributed by atoms with E-state index < -0.39 is 0 Å². The molecule has 2 aliphatic rings. The molecule has 0 bridgehead atoms. The van der Waals surface area contributed by atoms with Gasteiger partial charge in [0.2, 0.25) is 0 Å². The zero-order valence-corrected chi connectivity index (χ0v) is 8.25. The molecule has 1 aromatic carbocycles. The number of rotatable bonds is 0. The second-order valence-corrected chi connectivity index (χ2v) is 3.49. The maximum absolute atomic E-state index is 5.75. The van der Waals surface area contributed by atoms with Gasteiger partial charge in [-0.3, -0.25) is 0 Å². The van der Waals surface area contributed by atoms with Crippen LogP contribution in [0.5, 0.6) is 11.5 Å². The van der Waals surface area contributed by atoms with Gasteiger partial charge in [-0.1, -0.05) is 12.1 Å². The van der Waals surface area contributed by atoms with Crippen LogP contribution < -0.4 is 20.1 Å². The number of hydrogen-bond donors (Lipinski definition) is 2. The summed E-state index contributed by atoms with van der Waals surface area (Å²) >= 11 is 0. The quantitative estimate of drug-likeness (QED) is 0.656. The Kier molecular flexibility index (Phi) is 1.91. The Hall–Kier alpha value is -1.84. The first-order chi connectivity index (χ1) is 7.43. The Morgan fingerprint density at radius 3 is 2.53 bits per heavy atom. The van der Waals surface area contributed by atoms with Crippen molar-refractivity contribution < 1.29 is 9.47 Å². The van der Waals surface area contributed by atoms with Gasteiger partial charge in [-0.05, 0) is 12.1 Å². The summed E-state index contributed by atoms with van der Waals surface area (Å²) in [6, 6.07) is 7.69. The van der Waals surface area contributed by atoms with Gasteiger partial charge < -0.3 is 20.1 Å². The third-order valence-electron chi connectivity index (χ3n) is 2.45. The van der Waals surface area contributed by atoms with E-state index in [1.807, 2.05) is 24.3 Å². The smallest absolute Gasteiger partial charge is 0.181 e. The maximum Gasteiger partial charge on any atom is 0.181 e. The average molecular weight is 204 g/mol. The monoisotopic (exact) mass is 204 g/mol. The lowest BCUT2D eigenvalue weighted by Crippen LogP contribution is -2.23. The van der Waals surface area contributed by atoms with E-state index in [-0.39, 0.29) is 0 Å². The molecule has 15 heavy (non-hydrogen) atoms. The highest BCUT2D eigenvalue weighted by atomic mass is 16.6. The minimum Gasteiger partial charge on any atom is -0.482 e. The van der Waals surface area contributed by atoms with Gasteiger partial charge in [0.15, 0.2) is 17.3 Å². The molecule has 0 unspecified atom stereocenters. The lowest BCUT2D eigenvalue weighted by atomic mass is 10.3. The predicted octanol–water partition coefficient (Wildman–Crippen LogP) is 0.820. The molecule has 0 atom stereocenters. The van der Waals surface area contributed by atoms with Crippen molar-refractivity contribution in [2.45, 2.75) is 0 Å². The lowest BCUT2D eigenvalue weighted by molar-refractivity contribution is 0.226. The number of hydrogen-bond acceptors (Lipinski definition) is 4. The van der Waals surface area contributed by atoms with Crippen molar-refractivity contribution in [1.82, 2.24) is 10.6 Å². The largest absolute Gasteiger partial charge is 0.482 e. The van der Waals surface area contributed by atoms with Gasteiger partial charge in [0.25, 0.3) is 0 Å². The van der Waals surface area contributed by atoms with Crippen LogP contribution in [0, 0.1) is 0 Å². The summed E-state index contributed by atoms with van der Waals surface area (Å²) in [5.41, 5.74) is 0. The highest BCUT2D eigenvalue weighted by molar-refractivity contribution is 5.42. The summed E-state index contributed by atoms with van der Waals surface area (Å²) in [5, 5.41) is 6.44. The summed E-state index contributed by atoms with van der Waals surface area (Å²) in [6.07, 6.45) is 0. The van der Waals surface area contributed by atoms with Gasteiger partial charge in [-0.15, -0.1) is 0 Å². The molecule has 2 aliphatic heterocycles. The van der Waals surface area contributed by atoms with Crippen LogP contribution in [0.15, 0.2) is 35.8 Å². The highest BCUT2D eigenvalue weighted by Crippen LogP contribution is 2.32. The Morgan fingerprint density at radius 2 is 1.73 bits per heavy atom. The molecule has 0 aliphatic carbocycles. The van der Waals surface area contributed by atoms with Crippen molar-refractivity contribution in [2.24, 2.45) is 0 Å². The summed E-state index contributed by atoms with van der Waals surface area (Å²) in [5.74, 6) is 3.36. The molecule has 2 N–H and O–H groups in total. The second kappa shape index (κ2) is 3.38. The van der Waals surface area contributed by atoms with Gasteiger partial charge in [0.1, 0.15) is 12.4 Å². The van der Waals surface area contributed by atoms with Crippen molar-refractivity contribution in [2.75, 3.05) is 19.7 Å². The van der Waals surface area contributed by atoms with Gasteiger partial charge in [0, 0.05) is 13.1 Å². The number of ether oxygens (including phenoxy) is 2. The fraction of sp³-hybridized carbons (Fsp3) is 0.273. The van der Waals surface area contributed by atoms with Crippen LogP contribution in [-0.4, -0.2) is 19.7 Å². The SMILES string of the molecule is c1ccc2c(c1)OCC(=C1NCCN1)O2. The molecule has 78 valence electrons. The van der Waals surface area contributed by atoms with Crippen molar-refractivity contribution in [1.29, 1.82) is 0 Å². The standard InChI is InChI=1S/C11H12N2O2/c1-2-4-9-8(3-1)14-7-10(15-9)11-12-5-6-13-11/h1-4,12-13H,5-7H2. The van der Waals surface area contributed by atoms with Crippen LogP contribution in [0.4, 0.5) is 0 Å². The molecule has 0 saturated carbocycles. The molecule has 1 saturated heterocycles. The second-order valence-electron chi connectivity index (χ2n) is 3.49. The zero-order valence-electron chi connectivity index (χ0n) is 8.25. The third-order valence-corrected chi connectivity index (χ3v) is 2.45. The number of benzene rings is 1. The van der Waals surface area contributed by atoms with E-state index in [2.05, 4.69) is 10.6 Å². The van der Waals surface area contributed by atoms with Crippen LogP contribution in [0.25, 0.3) is 0 Å². The van der Waals surface area contributed by atoms with E-state index in [9.17, 15) is 0 Å². The number of para-hydroxylation sites is 2. The third kappa shape index (κ3) is 1.48. The number of fused-ring (bicyclic) bond motifs is 1. The van der Waals surface area contributed by atoms with Crippen molar-refractivity contribution in [3.05, 3.63) is 35.8 Å². The van der Waals surface area contributed by atoms with Crippen LogP contribution in [0.1, 0.15) is 0 Å². The Balaban J connectivity index is 1.91. The highest BCUT2D eigenvalue weighted by Gasteiger charge is 2.20. The van der Waals surface area contributed by atoms with Crippen LogP contribution >= 0.6 is 0 Å². The minimum atomic E-state index is 0.479. The predicted molar refractivity (Wildman–Crippen MR) is 55.6 cm³/mol. The molecule has 0 aromatic heterocycles. The molecule has 3 rings (SSSR count). The molecular weight excluding hydrogens is 192 g/mol. The molecule has 2 heterocycles. The molecule has 1 fully saturated rings. The first kappa shape index (κ1) is 8.47. The Bertz CT molecular complexity index is 407. The molecular formula is C11H12N2O2. The van der Waals surface area contributed by atoms with Crippen molar-refractivity contribution >= 4 is 0 Å². The van der Waals surface area contributed by atoms with E-state index in [0.717, 1.165) is 36.2 Å². The minimum absolute atomic E-state index is 0.479. The van der Waals surface area contributed by atoms with Crippen LogP contribution in [0.3, 0.4) is 0 Å². The van der Waals surface area contributed by atoms with Crippen molar-refractivity contribution in [3.8, 4) is 11.5 Å². The van der Waals surface area contributed by atoms with Crippen LogP contribution in [-0.2, 0) is 0 Å². The normalized spacial score (nSPS) is 18.4. The maximum atomic E-state index is 5.75. The molecule has 0 amide bonds. The van der Waals surface area contributed by atoms with E-state index in [0.29, 0.717) is 6.61 Å². The molecule has 0 spiro atoms. The number of nitrogens with one attached hydrogen (secondary N) is 2. The van der Waals surface area contributed by atoms with Crippen LogP contribution in [0.2, 0.25) is 0 Å². The average Bonchev–Trinajstić information content (AvgIpc) is 2.82. The Morgan fingerprint density at radius 1 is 1.00 bits per heavy atom. The molecule has 4 heteroatoms. The van der Waals surface area contributed by atoms with Gasteiger partial charge in [-0.25, -0.2) is 0 Å².